The molecule has 0 aromatic heterocycles. The second-order valence-corrected chi connectivity index (χ2v) is 9.14. The lowest BCUT2D eigenvalue weighted by Gasteiger charge is -2.14. The van der Waals surface area contributed by atoms with Crippen molar-refractivity contribution in [3.8, 4) is 0 Å². The number of thioether (sulfide) groups is 1. The first-order valence-electron chi connectivity index (χ1n) is 10.9. The van der Waals surface area contributed by atoms with Gasteiger partial charge in [0.15, 0.2) is 0 Å². The molecule has 0 spiro atoms. The predicted octanol–water partition coefficient (Wildman–Crippen LogP) is 5.26. The molecule has 1 aliphatic heterocycles. The molecule has 0 aliphatic carbocycles. The van der Waals surface area contributed by atoms with Crippen molar-refractivity contribution in [1.82, 2.24) is 4.90 Å². The number of anilines is 1. The molecule has 0 atom stereocenters. The van der Waals surface area contributed by atoms with Crippen LogP contribution in [0.3, 0.4) is 0 Å². The molecule has 2 aromatic carbocycles. The van der Waals surface area contributed by atoms with Crippen LogP contribution in [0, 0.1) is 0 Å². The Morgan fingerprint density at radius 2 is 1.82 bits per heavy atom. The van der Waals surface area contributed by atoms with Crippen LogP contribution in [-0.4, -0.2) is 40.2 Å². The summed E-state index contributed by atoms with van der Waals surface area (Å²) in [5.41, 5.74) is 1.99. The average molecular weight is 483 g/mol. The zero-order chi connectivity index (χ0) is 23.6. The molecule has 1 heterocycles. The van der Waals surface area contributed by atoms with Gasteiger partial charge < -0.3 is 10.1 Å². The van der Waals surface area contributed by atoms with Crippen LogP contribution in [0.5, 0.6) is 0 Å². The summed E-state index contributed by atoms with van der Waals surface area (Å²) in [7, 11) is 0. The number of benzene rings is 2. The molecular formula is C25H26N2O4S2. The molecule has 6 nitrogen and oxygen atoms in total. The highest BCUT2D eigenvalue weighted by molar-refractivity contribution is 8.26. The van der Waals surface area contributed by atoms with Gasteiger partial charge in [-0.3, -0.25) is 14.5 Å². The Morgan fingerprint density at radius 3 is 2.52 bits per heavy atom. The number of thiocarbonyl (C=S) groups is 1. The maximum Gasteiger partial charge on any atom is 0.338 e. The highest BCUT2D eigenvalue weighted by atomic mass is 32.2. The van der Waals surface area contributed by atoms with Crippen molar-refractivity contribution in [2.24, 2.45) is 0 Å². The number of nitrogens with zero attached hydrogens (tertiary/aromatic N) is 1. The van der Waals surface area contributed by atoms with Crippen molar-refractivity contribution >= 4 is 57.8 Å². The van der Waals surface area contributed by atoms with Crippen molar-refractivity contribution < 1.29 is 19.1 Å². The number of esters is 1. The number of ether oxygens (including phenoxy) is 1. The van der Waals surface area contributed by atoms with Crippen molar-refractivity contribution in [2.75, 3.05) is 18.5 Å². The standard InChI is InChI=1S/C25H26N2O4S2/c1-2-3-16-31-24(30)19-11-13-20(14-12-19)26-22(28)10-7-15-27-23(29)21(33-25(27)32)17-18-8-5-4-6-9-18/h4-6,8-9,11-14,17H,2-3,7,10,15-16H2,1H3,(H,26,28)/b21-17-. The molecule has 3 rings (SSSR count). The lowest BCUT2D eigenvalue weighted by Crippen LogP contribution is -2.29. The predicted molar refractivity (Wildman–Crippen MR) is 136 cm³/mol. The van der Waals surface area contributed by atoms with Crippen molar-refractivity contribution in [2.45, 2.75) is 32.6 Å². The lowest BCUT2D eigenvalue weighted by atomic mass is 10.2. The molecular weight excluding hydrogens is 456 g/mol. The normalized spacial score (nSPS) is 14.6. The quantitative estimate of drug-likeness (QED) is 0.215. The van der Waals surface area contributed by atoms with E-state index in [0.29, 0.717) is 40.0 Å². The molecule has 1 N–H and O–H groups in total. The van der Waals surface area contributed by atoms with Gasteiger partial charge in [-0.2, -0.15) is 0 Å². The van der Waals surface area contributed by atoms with Gasteiger partial charge in [0.2, 0.25) is 5.91 Å². The van der Waals surface area contributed by atoms with E-state index in [2.05, 4.69) is 5.32 Å². The number of rotatable bonds is 10. The maximum absolute atomic E-state index is 12.7. The zero-order valence-corrected chi connectivity index (χ0v) is 20.0. The zero-order valence-electron chi connectivity index (χ0n) is 18.4. The van der Waals surface area contributed by atoms with Gasteiger partial charge in [-0.25, -0.2) is 4.79 Å². The van der Waals surface area contributed by atoms with E-state index >= 15 is 0 Å². The van der Waals surface area contributed by atoms with E-state index in [1.807, 2.05) is 43.3 Å². The Kier molecular flexibility index (Phi) is 9.21. The monoisotopic (exact) mass is 482 g/mol. The third-order valence-corrected chi connectivity index (χ3v) is 6.27. The minimum Gasteiger partial charge on any atom is -0.462 e. The van der Waals surface area contributed by atoms with Crippen molar-refractivity contribution in [1.29, 1.82) is 0 Å². The molecule has 2 amide bonds. The van der Waals surface area contributed by atoms with Gasteiger partial charge >= 0.3 is 5.97 Å². The van der Waals surface area contributed by atoms with E-state index in [1.165, 1.54) is 11.8 Å². The maximum atomic E-state index is 12.7. The number of hydrogen-bond acceptors (Lipinski definition) is 6. The molecule has 1 fully saturated rings. The summed E-state index contributed by atoms with van der Waals surface area (Å²) in [4.78, 5) is 39.0. The fraction of sp³-hybridized carbons (Fsp3) is 0.280. The number of hydrogen-bond donors (Lipinski definition) is 1. The van der Waals surface area contributed by atoms with E-state index in [9.17, 15) is 14.4 Å². The van der Waals surface area contributed by atoms with Gasteiger partial charge in [0.25, 0.3) is 5.91 Å². The molecule has 1 aliphatic rings. The van der Waals surface area contributed by atoms with E-state index in [4.69, 9.17) is 17.0 Å². The first-order chi connectivity index (χ1) is 16.0. The van der Waals surface area contributed by atoms with Crippen LogP contribution in [0.25, 0.3) is 6.08 Å². The number of carbonyl (C=O) groups excluding carboxylic acids is 3. The molecule has 1 saturated heterocycles. The Morgan fingerprint density at radius 1 is 1.09 bits per heavy atom. The SMILES string of the molecule is CCCCOC(=O)c1ccc(NC(=O)CCCN2C(=O)/C(=C/c3ccccc3)SC2=S)cc1. The van der Waals surface area contributed by atoms with Gasteiger partial charge in [-0.15, -0.1) is 0 Å². The van der Waals surface area contributed by atoms with Crippen LogP contribution in [-0.2, 0) is 14.3 Å². The van der Waals surface area contributed by atoms with Gasteiger partial charge in [0.05, 0.1) is 17.1 Å². The van der Waals surface area contributed by atoms with Crippen molar-refractivity contribution in [3.63, 3.8) is 0 Å². The van der Waals surface area contributed by atoms with Gasteiger partial charge in [0.1, 0.15) is 4.32 Å². The Hall–Kier alpha value is -2.97. The van der Waals surface area contributed by atoms with Crippen LogP contribution in [0.2, 0.25) is 0 Å². The van der Waals surface area contributed by atoms with Gasteiger partial charge in [0, 0.05) is 18.7 Å². The largest absolute Gasteiger partial charge is 0.462 e. The second kappa shape index (κ2) is 12.3. The number of nitrogens with one attached hydrogen (secondary N) is 1. The van der Waals surface area contributed by atoms with Crippen LogP contribution >= 0.6 is 24.0 Å². The fourth-order valence-corrected chi connectivity index (χ4v) is 4.41. The van der Waals surface area contributed by atoms with E-state index in [-0.39, 0.29) is 24.2 Å². The van der Waals surface area contributed by atoms with E-state index in [0.717, 1.165) is 18.4 Å². The topological polar surface area (TPSA) is 75.7 Å². The molecule has 2 aromatic rings. The first kappa shape index (κ1) is 24.7. The Balaban J connectivity index is 1.45. The number of unbranched alkanes of at least 4 members (excludes halogenated alkanes) is 1. The lowest BCUT2D eigenvalue weighted by molar-refractivity contribution is -0.122. The van der Waals surface area contributed by atoms with E-state index in [1.54, 1.807) is 29.2 Å². The third-order valence-electron chi connectivity index (χ3n) is 4.89. The van der Waals surface area contributed by atoms with Crippen LogP contribution in [0.4, 0.5) is 5.69 Å². The Bertz CT molecular complexity index is 1040. The summed E-state index contributed by atoms with van der Waals surface area (Å²) >= 11 is 6.63. The minimum absolute atomic E-state index is 0.129. The molecule has 0 bridgehead atoms. The number of amides is 2. The molecule has 8 heteroatoms. The third kappa shape index (κ3) is 7.27. The minimum atomic E-state index is -0.369. The Labute approximate surface area is 203 Å². The smallest absolute Gasteiger partial charge is 0.338 e. The summed E-state index contributed by atoms with van der Waals surface area (Å²) in [6.45, 7) is 2.81. The molecule has 33 heavy (non-hydrogen) atoms. The molecule has 0 unspecified atom stereocenters. The summed E-state index contributed by atoms with van der Waals surface area (Å²) < 4.78 is 5.68. The highest BCUT2D eigenvalue weighted by Gasteiger charge is 2.31. The van der Waals surface area contributed by atoms with Crippen LogP contribution < -0.4 is 5.32 Å². The molecule has 0 radical (unpaired) electrons. The summed E-state index contributed by atoms with van der Waals surface area (Å²) in [6, 6.07) is 16.2. The van der Waals surface area contributed by atoms with Crippen LogP contribution in [0.1, 0.15) is 48.5 Å². The van der Waals surface area contributed by atoms with Crippen molar-refractivity contribution in [3.05, 3.63) is 70.6 Å². The first-order valence-corrected chi connectivity index (χ1v) is 12.1. The second-order valence-electron chi connectivity index (χ2n) is 7.46. The molecule has 0 saturated carbocycles. The van der Waals surface area contributed by atoms with E-state index < -0.39 is 0 Å². The van der Waals surface area contributed by atoms with Crippen LogP contribution in [0.15, 0.2) is 59.5 Å². The van der Waals surface area contributed by atoms with Gasteiger partial charge in [-0.1, -0.05) is 67.7 Å². The average Bonchev–Trinajstić information content (AvgIpc) is 3.07. The summed E-state index contributed by atoms with van der Waals surface area (Å²) in [6.07, 6.45) is 4.35. The summed E-state index contributed by atoms with van der Waals surface area (Å²) in [5, 5.41) is 2.81. The molecule has 172 valence electrons. The highest BCUT2D eigenvalue weighted by Crippen LogP contribution is 2.32. The fourth-order valence-electron chi connectivity index (χ4n) is 3.10. The van der Waals surface area contributed by atoms with Gasteiger partial charge in [-0.05, 0) is 48.7 Å². The summed E-state index contributed by atoms with van der Waals surface area (Å²) in [5.74, 6) is -0.666. The number of carbonyl (C=O) groups is 3.